The van der Waals surface area contributed by atoms with Crippen molar-refractivity contribution in [2.75, 3.05) is 26.3 Å². The smallest absolute Gasteiger partial charge is 0.325 e. The molecule has 1 aliphatic carbocycles. The van der Waals surface area contributed by atoms with Crippen LogP contribution < -0.4 is 5.32 Å². The number of hydrogen-bond acceptors (Lipinski definition) is 6. The number of carbonyl (C=O) groups excluding carboxylic acids is 2. The summed E-state index contributed by atoms with van der Waals surface area (Å²) in [6, 6.07) is 4.63. The molecule has 3 aliphatic rings. The first-order valence-electron chi connectivity index (χ1n) is 13.0. The van der Waals surface area contributed by atoms with Gasteiger partial charge in [-0.05, 0) is 43.4 Å². The fourth-order valence-corrected chi connectivity index (χ4v) is 7.15. The van der Waals surface area contributed by atoms with Gasteiger partial charge in [-0.2, -0.15) is 4.31 Å². The molecular weight excluding hydrogens is 482 g/mol. The van der Waals surface area contributed by atoms with Gasteiger partial charge in [0.15, 0.2) is 0 Å². The quantitative estimate of drug-likeness (QED) is 0.565. The van der Waals surface area contributed by atoms with Crippen molar-refractivity contribution in [1.29, 1.82) is 0 Å². The monoisotopic (exact) mass is 517 g/mol. The fraction of sp³-hybridized carbons (Fsp3) is 0.640. The molecule has 0 unspecified atom stereocenters. The Kier molecular flexibility index (Phi) is 6.82. The minimum absolute atomic E-state index is 0.0586. The van der Waals surface area contributed by atoms with Crippen LogP contribution in [0.25, 0.3) is 11.0 Å². The molecule has 1 saturated carbocycles. The number of imidazole rings is 1. The van der Waals surface area contributed by atoms with Crippen LogP contribution >= 0.6 is 0 Å². The largest absolute Gasteiger partial charge is 0.379 e. The fourth-order valence-electron chi connectivity index (χ4n) is 5.72. The molecule has 1 aromatic heterocycles. The van der Waals surface area contributed by atoms with Crippen molar-refractivity contribution in [2.24, 2.45) is 5.92 Å². The second-order valence-corrected chi connectivity index (χ2v) is 12.1. The summed E-state index contributed by atoms with van der Waals surface area (Å²) in [6.45, 7) is 6.26. The van der Waals surface area contributed by atoms with Crippen molar-refractivity contribution < 1.29 is 22.7 Å². The molecule has 2 aliphatic heterocycles. The van der Waals surface area contributed by atoms with Crippen LogP contribution in [0.5, 0.6) is 0 Å². The molecule has 0 radical (unpaired) electrons. The molecule has 1 N–H and O–H groups in total. The van der Waals surface area contributed by atoms with E-state index in [0.717, 1.165) is 37.6 Å². The molecule has 2 saturated heterocycles. The third-order valence-electron chi connectivity index (χ3n) is 7.94. The summed E-state index contributed by atoms with van der Waals surface area (Å²) >= 11 is 0. The highest BCUT2D eigenvalue weighted by Crippen LogP contribution is 2.38. The third-order valence-corrected chi connectivity index (χ3v) is 9.84. The van der Waals surface area contributed by atoms with Crippen LogP contribution in [0.1, 0.15) is 58.2 Å². The number of nitrogens with one attached hydrogen (secondary N) is 1. The molecule has 196 valence electrons. The molecular formula is C25H35N5O5S. The molecule has 2 aromatic rings. The summed E-state index contributed by atoms with van der Waals surface area (Å²) in [6.07, 6.45) is 5.41. The van der Waals surface area contributed by atoms with E-state index in [9.17, 15) is 18.0 Å². The van der Waals surface area contributed by atoms with Crippen LogP contribution in [0.4, 0.5) is 4.79 Å². The molecule has 1 aromatic carbocycles. The number of sulfonamides is 1. The number of nitrogens with zero attached hydrogens (tertiary/aromatic N) is 4. The van der Waals surface area contributed by atoms with E-state index in [1.165, 1.54) is 9.21 Å². The minimum atomic E-state index is -3.66. The number of aromatic nitrogens is 2. The highest BCUT2D eigenvalue weighted by atomic mass is 32.2. The maximum atomic E-state index is 13.5. The number of benzene rings is 1. The number of ether oxygens (including phenoxy) is 1. The number of amides is 3. The number of unbranched alkanes of at least 4 members (excludes halogenated alkanes) is 1. The number of hydrogen-bond donors (Lipinski definition) is 1. The lowest BCUT2D eigenvalue weighted by Crippen LogP contribution is -2.53. The first-order chi connectivity index (χ1) is 17.3. The SMILES string of the molecule is CCCCn1c(CN2C(=O)N[C@@]3(CCCC[C@@H]3C)C2=O)nc2cc(S(=O)(=O)N3CCOCC3)ccc21. The Hall–Kier alpha value is -2.50. The molecule has 3 fully saturated rings. The zero-order valence-corrected chi connectivity index (χ0v) is 21.8. The van der Waals surface area contributed by atoms with Gasteiger partial charge in [-0.3, -0.25) is 9.69 Å². The van der Waals surface area contributed by atoms with Gasteiger partial charge in [-0.25, -0.2) is 18.2 Å². The lowest BCUT2D eigenvalue weighted by atomic mass is 9.73. The number of imide groups is 1. The number of aryl methyl sites for hydroxylation is 1. The predicted molar refractivity (Wildman–Crippen MR) is 134 cm³/mol. The van der Waals surface area contributed by atoms with Gasteiger partial charge >= 0.3 is 6.03 Å². The first kappa shape index (κ1) is 25.2. The zero-order valence-electron chi connectivity index (χ0n) is 21.0. The predicted octanol–water partition coefficient (Wildman–Crippen LogP) is 2.86. The van der Waals surface area contributed by atoms with E-state index in [4.69, 9.17) is 9.72 Å². The average Bonchev–Trinajstić information content (AvgIpc) is 3.34. The van der Waals surface area contributed by atoms with Gasteiger partial charge in [0, 0.05) is 19.6 Å². The number of carbonyl (C=O) groups is 2. The Bertz CT molecular complexity index is 1270. The van der Waals surface area contributed by atoms with Crippen molar-refractivity contribution in [3.8, 4) is 0 Å². The first-order valence-corrected chi connectivity index (χ1v) is 14.4. The lowest BCUT2D eigenvalue weighted by molar-refractivity contribution is -0.134. The van der Waals surface area contributed by atoms with Crippen molar-refractivity contribution >= 4 is 33.0 Å². The average molecular weight is 518 g/mol. The summed E-state index contributed by atoms with van der Waals surface area (Å²) < 4.78 is 35.1. The number of fused-ring (bicyclic) bond motifs is 1. The summed E-state index contributed by atoms with van der Waals surface area (Å²) in [5.41, 5.74) is 0.519. The van der Waals surface area contributed by atoms with Gasteiger partial charge in [0.2, 0.25) is 10.0 Å². The Morgan fingerprint density at radius 3 is 2.69 bits per heavy atom. The Morgan fingerprint density at radius 1 is 1.19 bits per heavy atom. The van der Waals surface area contributed by atoms with E-state index < -0.39 is 15.6 Å². The molecule has 3 heterocycles. The summed E-state index contributed by atoms with van der Waals surface area (Å²) in [5, 5.41) is 3.01. The molecule has 0 bridgehead atoms. The molecule has 11 heteroatoms. The van der Waals surface area contributed by atoms with Gasteiger partial charge in [-0.1, -0.05) is 33.1 Å². The molecule has 3 amide bonds. The molecule has 5 rings (SSSR count). The second-order valence-electron chi connectivity index (χ2n) is 10.1. The van der Waals surface area contributed by atoms with Crippen LogP contribution in [0.2, 0.25) is 0 Å². The van der Waals surface area contributed by atoms with Gasteiger partial charge in [0.25, 0.3) is 5.91 Å². The Labute approximate surface area is 212 Å². The molecule has 1 spiro atoms. The maximum absolute atomic E-state index is 13.5. The molecule has 10 nitrogen and oxygen atoms in total. The van der Waals surface area contributed by atoms with Crippen LogP contribution in [0.15, 0.2) is 23.1 Å². The van der Waals surface area contributed by atoms with Crippen molar-refractivity contribution in [1.82, 2.24) is 24.1 Å². The number of rotatable bonds is 7. The van der Waals surface area contributed by atoms with Crippen LogP contribution in [-0.4, -0.2) is 71.0 Å². The Morgan fingerprint density at radius 2 is 1.97 bits per heavy atom. The lowest BCUT2D eigenvalue weighted by Gasteiger charge is -2.36. The van der Waals surface area contributed by atoms with Crippen LogP contribution in [-0.2, 0) is 32.6 Å². The van der Waals surface area contributed by atoms with Gasteiger partial charge in [0.05, 0.1) is 35.7 Å². The topological polar surface area (TPSA) is 114 Å². The van der Waals surface area contributed by atoms with Gasteiger partial charge in [-0.15, -0.1) is 0 Å². The highest BCUT2D eigenvalue weighted by molar-refractivity contribution is 7.89. The van der Waals surface area contributed by atoms with E-state index in [0.29, 0.717) is 50.6 Å². The van der Waals surface area contributed by atoms with E-state index in [1.54, 1.807) is 18.2 Å². The Balaban J connectivity index is 1.48. The second kappa shape index (κ2) is 9.75. The van der Waals surface area contributed by atoms with Crippen molar-refractivity contribution in [3.05, 3.63) is 24.0 Å². The van der Waals surface area contributed by atoms with Crippen LogP contribution in [0, 0.1) is 5.92 Å². The van der Waals surface area contributed by atoms with E-state index in [-0.39, 0.29) is 29.3 Å². The third kappa shape index (κ3) is 4.20. The zero-order chi connectivity index (χ0) is 25.5. The summed E-state index contributed by atoms with van der Waals surface area (Å²) in [7, 11) is -3.66. The van der Waals surface area contributed by atoms with Crippen molar-refractivity contribution in [2.45, 2.75) is 75.9 Å². The van der Waals surface area contributed by atoms with Crippen molar-refractivity contribution in [3.63, 3.8) is 0 Å². The minimum Gasteiger partial charge on any atom is -0.379 e. The summed E-state index contributed by atoms with van der Waals surface area (Å²) in [5.74, 6) is 0.493. The summed E-state index contributed by atoms with van der Waals surface area (Å²) in [4.78, 5) is 32.7. The highest BCUT2D eigenvalue weighted by Gasteiger charge is 2.55. The maximum Gasteiger partial charge on any atom is 0.325 e. The van der Waals surface area contributed by atoms with Gasteiger partial charge in [0.1, 0.15) is 11.4 Å². The molecule has 2 atom stereocenters. The van der Waals surface area contributed by atoms with E-state index >= 15 is 0 Å². The number of morpholine rings is 1. The van der Waals surface area contributed by atoms with Gasteiger partial charge < -0.3 is 14.6 Å². The van der Waals surface area contributed by atoms with E-state index in [2.05, 4.69) is 12.2 Å². The van der Waals surface area contributed by atoms with Crippen LogP contribution in [0.3, 0.4) is 0 Å². The normalized spacial score (nSPS) is 25.7. The molecule has 36 heavy (non-hydrogen) atoms. The van der Waals surface area contributed by atoms with E-state index in [1.807, 2.05) is 11.5 Å². The standard InChI is InChI=1S/C25H35N5O5S/c1-3-4-11-29-21-9-8-19(36(33,34)28-12-14-35-15-13-28)16-20(21)26-22(29)17-30-23(31)25(27-24(30)32)10-6-5-7-18(25)2/h8-9,16,18H,3-7,10-15,17H2,1-2H3,(H,27,32)/t18-,25+/m0/s1. The number of urea groups is 1.